The summed E-state index contributed by atoms with van der Waals surface area (Å²) in [6.45, 7) is 0. The number of hydrogen-bond acceptors (Lipinski definition) is 3. The van der Waals surface area contributed by atoms with E-state index in [4.69, 9.17) is 16.7 Å². The van der Waals surface area contributed by atoms with Crippen LogP contribution in [0.2, 0.25) is 5.02 Å². The smallest absolute Gasteiger partial charge is 0.321 e. The molecule has 0 aliphatic carbocycles. The predicted molar refractivity (Wildman–Crippen MR) is 68.9 cm³/mol. The van der Waals surface area contributed by atoms with Gasteiger partial charge in [0.15, 0.2) is 0 Å². The third-order valence-electron chi connectivity index (χ3n) is 2.32. The van der Waals surface area contributed by atoms with Crippen LogP contribution in [0.15, 0.2) is 22.7 Å². The number of carbonyl (C=O) groups is 1. The molecule has 16 heavy (non-hydrogen) atoms. The van der Waals surface area contributed by atoms with Crippen molar-refractivity contribution in [3.05, 3.63) is 33.3 Å². The summed E-state index contributed by atoms with van der Waals surface area (Å²) in [6, 6.07) is 5.08. The number of carboxylic acid groups (broad SMARTS) is 1. The van der Waals surface area contributed by atoms with Crippen molar-refractivity contribution in [2.45, 2.75) is 11.4 Å². The van der Waals surface area contributed by atoms with Gasteiger partial charge in [-0.1, -0.05) is 27.5 Å². The normalized spacial score (nSPS) is 24.6. The minimum absolute atomic E-state index is 0.0499. The largest absolute Gasteiger partial charge is 0.480 e. The summed E-state index contributed by atoms with van der Waals surface area (Å²) in [6.07, 6.45) is 0. The molecule has 86 valence electrons. The highest BCUT2D eigenvalue weighted by atomic mass is 79.9. The van der Waals surface area contributed by atoms with Crippen LogP contribution in [0.5, 0.6) is 0 Å². The third-order valence-corrected chi connectivity index (χ3v) is 4.41. The van der Waals surface area contributed by atoms with E-state index >= 15 is 0 Å². The minimum Gasteiger partial charge on any atom is -0.480 e. The molecule has 2 atom stereocenters. The van der Waals surface area contributed by atoms with Crippen LogP contribution in [0.25, 0.3) is 0 Å². The Bertz CT molecular complexity index is 429. The number of thioether (sulfide) groups is 1. The lowest BCUT2D eigenvalue weighted by Gasteiger charge is -2.13. The maximum atomic E-state index is 10.8. The van der Waals surface area contributed by atoms with Crippen molar-refractivity contribution in [2.24, 2.45) is 0 Å². The molecule has 0 radical (unpaired) electrons. The molecule has 1 aliphatic heterocycles. The van der Waals surface area contributed by atoms with E-state index in [1.807, 2.05) is 12.1 Å². The first-order valence-corrected chi connectivity index (χ1v) is 6.85. The molecule has 1 aliphatic rings. The van der Waals surface area contributed by atoms with Crippen LogP contribution in [-0.2, 0) is 4.79 Å². The SMILES string of the molecule is O=C(O)[C@@H]1CSC(c2cc(Br)ccc2Cl)N1. The Morgan fingerprint density at radius 3 is 3.00 bits per heavy atom. The van der Waals surface area contributed by atoms with E-state index in [1.165, 1.54) is 0 Å². The molecular weight excluding hydrogens is 314 g/mol. The second-order valence-corrected chi connectivity index (χ2v) is 5.90. The van der Waals surface area contributed by atoms with Gasteiger partial charge in [-0.2, -0.15) is 0 Å². The number of hydrogen-bond donors (Lipinski definition) is 2. The van der Waals surface area contributed by atoms with Crippen LogP contribution < -0.4 is 5.32 Å². The van der Waals surface area contributed by atoms with E-state index in [1.54, 1.807) is 17.8 Å². The first-order chi connectivity index (χ1) is 7.58. The van der Waals surface area contributed by atoms with Crippen molar-refractivity contribution in [3.63, 3.8) is 0 Å². The number of carboxylic acids is 1. The van der Waals surface area contributed by atoms with Gasteiger partial charge >= 0.3 is 5.97 Å². The number of benzene rings is 1. The predicted octanol–water partition coefficient (Wildman–Crippen LogP) is 2.89. The van der Waals surface area contributed by atoms with Gasteiger partial charge < -0.3 is 5.11 Å². The Morgan fingerprint density at radius 1 is 1.62 bits per heavy atom. The van der Waals surface area contributed by atoms with Gasteiger partial charge in [0.25, 0.3) is 0 Å². The van der Waals surface area contributed by atoms with E-state index < -0.39 is 12.0 Å². The van der Waals surface area contributed by atoms with Gasteiger partial charge in [0, 0.05) is 15.2 Å². The fourth-order valence-electron chi connectivity index (χ4n) is 1.51. The van der Waals surface area contributed by atoms with Gasteiger partial charge in [-0.15, -0.1) is 11.8 Å². The minimum atomic E-state index is -0.818. The third kappa shape index (κ3) is 2.53. The van der Waals surface area contributed by atoms with Gasteiger partial charge in [0.1, 0.15) is 6.04 Å². The second-order valence-electron chi connectivity index (χ2n) is 3.44. The monoisotopic (exact) mass is 321 g/mol. The topological polar surface area (TPSA) is 49.3 Å². The quantitative estimate of drug-likeness (QED) is 0.879. The summed E-state index contributed by atoms with van der Waals surface area (Å²) in [5.74, 6) is -0.260. The molecule has 2 rings (SSSR count). The zero-order chi connectivity index (χ0) is 11.7. The molecule has 1 saturated heterocycles. The Balaban J connectivity index is 2.20. The molecule has 2 N–H and O–H groups in total. The van der Waals surface area contributed by atoms with Crippen molar-refractivity contribution >= 4 is 45.3 Å². The average Bonchev–Trinajstić information content (AvgIpc) is 2.70. The van der Waals surface area contributed by atoms with Gasteiger partial charge in [0.05, 0.1) is 5.37 Å². The molecule has 1 aromatic carbocycles. The molecule has 6 heteroatoms. The first-order valence-electron chi connectivity index (χ1n) is 4.63. The van der Waals surface area contributed by atoms with Gasteiger partial charge in [-0.05, 0) is 23.8 Å². The van der Waals surface area contributed by atoms with Crippen molar-refractivity contribution in [1.29, 1.82) is 0 Å². The molecule has 0 bridgehead atoms. The Kier molecular flexibility index (Phi) is 3.79. The molecule has 1 unspecified atom stereocenters. The van der Waals surface area contributed by atoms with Crippen LogP contribution in [0.4, 0.5) is 0 Å². The summed E-state index contributed by atoms with van der Waals surface area (Å²) in [5.41, 5.74) is 0.921. The summed E-state index contributed by atoms with van der Waals surface area (Å²) < 4.78 is 0.938. The van der Waals surface area contributed by atoms with Gasteiger partial charge in [-0.3, -0.25) is 10.1 Å². The number of aliphatic carboxylic acids is 1. The maximum absolute atomic E-state index is 10.8. The maximum Gasteiger partial charge on any atom is 0.321 e. The molecule has 0 amide bonds. The van der Waals surface area contributed by atoms with Crippen LogP contribution >= 0.6 is 39.3 Å². The lowest BCUT2D eigenvalue weighted by Crippen LogP contribution is -2.33. The number of nitrogens with one attached hydrogen (secondary N) is 1. The standard InChI is InChI=1S/C10H9BrClNO2S/c11-5-1-2-7(12)6(3-5)9-13-8(4-16-9)10(14)15/h1-3,8-9,13H,4H2,(H,14,15)/t8-,9?/m0/s1. The zero-order valence-electron chi connectivity index (χ0n) is 8.11. The lowest BCUT2D eigenvalue weighted by molar-refractivity contribution is -0.138. The van der Waals surface area contributed by atoms with Crippen molar-refractivity contribution in [2.75, 3.05) is 5.75 Å². The molecular formula is C10H9BrClNO2S. The molecule has 1 fully saturated rings. The Morgan fingerprint density at radius 2 is 2.38 bits per heavy atom. The highest BCUT2D eigenvalue weighted by Crippen LogP contribution is 2.37. The molecule has 0 spiro atoms. The first kappa shape index (κ1) is 12.2. The van der Waals surface area contributed by atoms with E-state index in [0.29, 0.717) is 10.8 Å². The molecule has 0 aromatic heterocycles. The van der Waals surface area contributed by atoms with Gasteiger partial charge in [0.2, 0.25) is 0 Å². The van der Waals surface area contributed by atoms with Crippen LogP contribution in [0.1, 0.15) is 10.9 Å². The summed E-state index contributed by atoms with van der Waals surface area (Å²) >= 11 is 11.0. The average molecular weight is 323 g/mol. The summed E-state index contributed by atoms with van der Waals surface area (Å²) in [4.78, 5) is 10.8. The molecule has 0 saturated carbocycles. The fourth-order valence-corrected chi connectivity index (χ4v) is 3.44. The van der Waals surface area contributed by atoms with E-state index in [0.717, 1.165) is 10.0 Å². The van der Waals surface area contributed by atoms with Crippen molar-refractivity contribution < 1.29 is 9.90 Å². The lowest BCUT2D eigenvalue weighted by atomic mass is 10.2. The van der Waals surface area contributed by atoms with E-state index in [9.17, 15) is 4.79 Å². The molecule has 3 nitrogen and oxygen atoms in total. The highest BCUT2D eigenvalue weighted by Gasteiger charge is 2.31. The number of rotatable bonds is 2. The van der Waals surface area contributed by atoms with Crippen molar-refractivity contribution in [1.82, 2.24) is 5.32 Å². The molecule has 1 heterocycles. The Labute approximate surface area is 111 Å². The van der Waals surface area contributed by atoms with Crippen molar-refractivity contribution in [3.8, 4) is 0 Å². The summed E-state index contributed by atoms with van der Waals surface area (Å²) in [7, 11) is 0. The second kappa shape index (κ2) is 4.96. The zero-order valence-corrected chi connectivity index (χ0v) is 11.3. The Hall–Kier alpha value is -0.230. The van der Waals surface area contributed by atoms with Crippen LogP contribution in [0.3, 0.4) is 0 Å². The molecule has 1 aromatic rings. The van der Waals surface area contributed by atoms with Gasteiger partial charge in [-0.25, -0.2) is 0 Å². The van der Waals surface area contributed by atoms with E-state index in [2.05, 4.69) is 21.2 Å². The van der Waals surface area contributed by atoms with Crippen LogP contribution in [0, 0.1) is 0 Å². The van der Waals surface area contributed by atoms with Crippen LogP contribution in [-0.4, -0.2) is 22.9 Å². The summed E-state index contributed by atoms with van der Waals surface area (Å²) in [5, 5.41) is 12.5. The number of halogens is 2. The van der Waals surface area contributed by atoms with E-state index in [-0.39, 0.29) is 5.37 Å². The fraction of sp³-hybridized carbons (Fsp3) is 0.300. The highest BCUT2D eigenvalue weighted by molar-refractivity contribution is 9.10.